The predicted octanol–water partition coefficient (Wildman–Crippen LogP) is 3.45. The van der Waals surface area contributed by atoms with Crippen molar-refractivity contribution in [2.24, 2.45) is 5.73 Å². The first kappa shape index (κ1) is 13.8. The van der Waals surface area contributed by atoms with E-state index in [1.807, 2.05) is 6.07 Å². The second-order valence-corrected chi connectivity index (χ2v) is 4.38. The maximum absolute atomic E-state index is 5.50. The van der Waals surface area contributed by atoms with Gasteiger partial charge >= 0.3 is 0 Å². The number of methoxy groups -OCH3 is 1. The molecule has 1 aromatic carbocycles. The van der Waals surface area contributed by atoms with Gasteiger partial charge in [0.1, 0.15) is 5.75 Å². The topological polar surface area (TPSA) is 35.2 Å². The zero-order valence-corrected chi connectivity index (χ0v) is 11.3. The average molecular weight is 233 g/mol. The van der Waals surface area contributed by atoms with E-state index in [4.69, 9.17) is 10.5 Å². The van der Waals surface area contributed by atoms with Crippen molar-refractivity contribution in [2.45, 2.75) is 33.6 Å². The van der Waals surface area contributed by atoms with E-state index in [-0.39, 0.29) is 0 Å². The third kappa shape index (κ3) is 3.34. The van der Waals surface area contributed by atoms with E-state index >= 15 is 0 Å². The van der Waals surface area contributed by atoms with Gasteiger partial charge in [0.2, 0.25) is 0 Å². The molecule has 0 aliphatic heterocycles. The molecule has 0 amide bonds. The van der Waals surface area contributed by atoms with E-state index in [0.717, 1.165) is 25.1 Å². The molecule has 0 aliphatic carbocycles. The van der Waals surface area contributed by atoms with Gasteiger partial charge in [-0.2, -0.15) is 0 Å². The fourth-order valence-corrected chi connectivity index (χ4v) is 1.99. The van der Waals surface area contributed by atoms with Crippen LogP contribution in [0.1, 0.15) is 36.5 Å². The molecule has 2 nitrogen and oxygen atoms in total. The van der Waals surface area contributed by atoms with Gasteiger partial charge < -0.3 is 10.5 Å². The zero-order chi connectivity index (χ0) is 12.8. The standard InChI is InChI=1S/C15H23NO/c1-11(7-5-6-10-16)14-8-9-15(17-4)13(3)12(14)2/h7-9H,5-6,10,16H2,1-4H3/b11-7+. The van der Waals surface area contributed by atoms with Gasteiger partial charge in [0.05, 0.1) is 7.11 Å². The molecule has 17 heavy (non-hydrogen) atoms. The summed E-state index contributed by atoms with van der Waals surface area (Å²) in [5.74, 6) is 0.959. The second kappa shape index (κ2) is 6.45. The van der Waals surface area contributed by atoms with Gasteiger partial charge in [-0.3, -0.25) is 0 Å². The Morgan fingerprint density at radius 1 is 1.29 bits per heavy atom. The molecule has 0 aromatic heterocycles. The van der Waals surface area contributed by atoms with E-state index < -0.39 is 0 Å². The minimum Gasteiger partial charge on any atom is -0.496 e. The van der Waals surface area contributed by atoms with Crippen LogP contribution in [0.5, 0.6) is 5.75 Å². The lowest BCUT2D eigenvalue weighted by Crippen LogP contribution is -1.97. The number of allylic oxidation sites excluding steroid dienone is 2. The molecule has 0 aliphatic rings. The van der Waals surface area contributed by atoms with E-state index in [1.165, 1.54) is 22.3 Å². The molecular formula is C15H23NO. The molecule has 0 spiro atoms. The van der Waals surface area contributed by atoms with Crippen molar-refractivity contribution >= 4 is 5.57 Å². The Labute approximate surface area is 104 Å². The molecular weight excluding hydrogens is 210 g/mol. The molecule has 1 aromatic rings. The van der Waals surface area contributed by atoms with Crippen LogP contribution in [0.3, 0.4) is 0 Å². The Balaban J connectivity index is 2.99. The largest absolute Gasteiger partial charge is 0.496 e. The van der Waals surface area contributed by atoms with Crippen LogP contribution in [-0.4, -0.2) is 13.7 Å². The van der Waals surface area contributed by atoms with Crippen LogP contribution in [0.4, 0.5) is 0 Å². The van der Waals surface area contributed by atoms with E-state index in [2.05, 4.69) is 32.9 Å². The molecule has 0 fully saturated rings. The van der Waals surface area contributed by atoms with Crippen LogP contribution in [0.15, 0.2) is 18.2 Å². The van der Waals surface area contributed by atoms with Crippen molar-refractivity contribution in [1.82, 2.24) is 0 Å². The highest BCUT2D eigenvalue weighted by Gasteiger charge is 2.07. The summed E-state index contributed by atoms with van der Waals surface area (Å²) in [4.78, 5) is 0. The first-order valence-electron chi connectivity index (χ1n) is 6.13. The number of nitrogens with two attached hydrogens (primary N) is 1. The van der Waals surface area contributed by atoms with Gasteiger partial charge in [-0.25, -0.2) is 0 Å². The summed E-state index contributed by atoms with van der Waals surface area (Å²) in [5.41, 5.74) is 10.6. The fraction of sp³-hybridized carbons (Fsp3) is 0.467. The third-order valence-corrected chi connectivity index (χ3v) is 3.24. The molecule has 0 saturated heterocycles. The summed E-state index contributed by atoms with van der Waals surface area (Å²) < 4.78 is 5.32. The number of benzene rings is 1. The number of ether oxygens (including phenoxy) is 1. The lowest BCUT2D eigenvalue weighted by molar-refractivity contribution is 0.411. The van der Waals surface area contributed by atoms with Crippen molar-refractivity contribution in [2.75, 3.05) is 13.7 Å². The molecule has 2 N–H and O–H groups in total. The molecule has 0 bridgehead atoms. The zero-order valence-electron chi connectivity index (χ0n) is 11.3. The Morgan fingerprint density at radius 3 is 2.59 bits per heavy atom. The van der Waals surface area contributed by atoms with Crippen molar-refractivity contribution in [3.8, 4) is 5.75 Å². The van der Waals surface area contributed by atoms with Crippen LogP contribution in [-0.2, 0) is 0 Å². The van der Waals surface area contributed by atoms with Gasteiger partial charge in [-0.1, -0.05) is 12.1 Å². The highest BCUT2D eigenvalue weighted by atomic mass is 16.5. The summed E-state index contributed by atoms with van der Waals surface area (Å²) in [5, 5.41) is 0. The molecule has 0 unspecified atom stereocenters. The van der Waals surface area contributed by atoms with Crippen LogP contribution >= 0.6 is 0 Å². The van der Waals surface area contributed by atoms with Crippen LogP contribution in [0, 0.1) is 13.8 Å². The highest BCUT2D eigenvalue weighted by Crippen LogP contribution is 2.28. The van der Waals surface area contributed by atoms with E-state index in [1.54, 1.807) is 7.11 Å². The fourth-order valence-electron chi connectivity index (χ4n) is 1.99. The first-order chi connectivity index (χ1) is 8.11. The summed E-state index contributed by atoms with van der Waals surface area (Å²) >= 11 is 0. The highest BCUT2D eigenvalue weighted by molar-refractivity contribution is 5.68. The van der Waals surface area contributed by atoms with E-state index in [0.29, 0.717) is 0 Å². The number of hydrogen-bond donors (Lipinski definition) is 1. The maximum Gasteiger partial charge on any atom is 0.122 e. The van der Waals surface area contributed by atoms with Gasteiger partial charge in [-0.05, 0) is 68.5 Å². The molecule has 0 saturated carbocycles. The average Bonchev–Trinajstić information content (AvgIpc) is 2.32. The lowest BCUT2D eigenvalue weighted by Gasteiger charge is -2.13. The maximum atomic E-state index is 5.50. The third-order valence-electron chi connectivity index (χ3n) is 3.24. The predicted molar refractivity (Wildman–Crippen MR) is 74.4 cm³/mol. The van der Waals surface area contributed by atoms with Crippen LogP contribution in [0.25, 0.3) is 5.57 Å². The van der Waals surface area contributed by atoms with Crippen LogP contribution < -0.4 is 10.5 Å². The normalized spacial score (nSPS) is 11.7. The monoisotopic (exact) mass is 233 g/mol. The van der Waals surface area contributed by atoms with Gasteiger partial charge in [-0.15, -0.1) is 0 Å². The summed E-state index contributed by atoms with van der Waals surface area (Å²) in [6.45, 7) is 7.16. The lowest BCUT2D eigenvalue weighted by atomic mass is 9.96. The minimum absolute atomic E-state index is 0.754. The second-order valence-electron chi connectivity index (χ2n) is 4.38. The molecule has 0 atom stereocenters. The number of hydrogen-bond acceptors (Lipinski definition) is 2. The smallest absolute Gasteiger partial charge is 0.122 e. The first-order valence-corrected chi connectivity index (χ1v) is 6.13. The Bertz CT molecular complexity index is 408. The van der Waals surface area contributed by atoms with Gasteiger partial charge in [0, 0.05) is 0 Å². The Morgan fingerprint density at radius 2 is 2.00 bits per heavy atom. The molecule has 0 radical (unpaired) electrons. The molecule has 0 heterocycles. The van der Waals surface area contributed by atoms with E-state index in [9.17, 15) is 0 Å². The van der Waals surface area contributed by atoms with Gasteiger partial charge in [0.25, 0.3) is 0 Å². The summed E-state index contributed by atoms with van der Waals surface area (Å²) in [6, 6.07) is 4.17. The van der Waals surface area contributed by atoms with Crippen LogP contribution in [0.2, 0.25) is 0 Å². The van der Waals surface area contributed by atoms with Gasteiger partial charge in [0.15, 0.2) is 0 Å². The summed E-state index contributed by atoms with van der Waals surface area (Å²) in [7, 11) is 1.71. The van der Waals surface area contributed by atoms with Crippen molar-refractivity contribution in [3.05, 3.63) is 34.9 Å². The summed E-state index contributed by atoms with van der Waals surface area (Å²) in [6.07, 6.45) is 4.36. The van der Waals surface area contributed by atoms with Crippen molar-refractivity contribution < 1.29 is 4.74 Å². The number of unbranched alkanes of at least 4 members (excludes halogenated alkanes) is 1. The quantitative estimate of drug-likeness (QED) is 0.790. The Hall–Kier alpha value is -1.28. The minimum atomic E-state index is 0.754. The molecule has 94 valence electrons. The SMILES string of the molecule is COc1ccc(/C(C)=C/CCCN)c(C)c1C. The number of rotatable bonds is 5. The van der Waals surface area contributed by atoms with Crippen molar-refractivity contribution in [1.29, 1.82) is 0 Å². The molecule has 2 heteroatoms. The Kier molecular flexibility index (Phi) is 5.23. The van der Waals surface area contributed by atoms with Crippen molar-refractivity contribution in [3.63, 3.8) is 0 Å². The molecule has 1 rings (SSSR count).